The Morgan fingerprint density at radius 3 is 2.52 bits per heavy atom. The normalized spacial score (nSPS) is 16.5. The maximum Gasteiger partial charge on any atom is 0.255 e. The molecule has 0 unspecified atom stereocenters. The summed E-state index contributed by atoms with van der Waals surface area (Å²) < 4.78 is 0. The van der Waals surface area contributed by atoms with Crippen molar-refractivity contribution < 1.29 is 4.79 Å². The molecule has 31 heavy (non-hydrogen) atoms. The molecule has 2 aliphatic heterocycles. The van der Waals surface area contributed by atoms with E-state index >= 15 is 0 Å². The minimum absolute atomic E-state index is 0.127. The molecule has 4 rings (SSSR count). The van der Waals surface area contributed by atoms with Gasteiger partial charge in [-0.3, -0.25) is 19.6 Å². The topological polar surface area (TPSA) is 71.7 Å². The Morgan fingerprint density at radius 1 is 1.13 bits per heavy atom. The number of nitrogens with one attached hydrogen (secondary N) is 2. The lowest BCUT2D eigenvalue weighted by molar-refractivity contribution is 0.0726. The van der Waals surface area contributed by atoms with Crippen LogP contribution in [-0.2, 0) is 19.4 Å². The number of carbonyl (C=O) groups is 1. The molecular formula is C23H28ClN5O2. The van der Waals surface area contributed by atoms with E-state index in [1.54, 1.807) is 4.90 Å². The summed E-state index contributed by atoms with van der Waals surface area (Å²) in [5.74, 6) is -0.129. The predicted octanol–water partition coefficient (Wildman–Crippen LogP) is 3.08. The van der Waals surface area contributed by atoms with Crippen LogP contribution >= 0.6 is 11.6 Å². The number of allylic oxidation sites excluding steroid dienone is 1. The number of rotatable bonds is 4. The van der Waals surface area contributed by atoms with Crippen LogP contribution in [0.3, 0.4) is 0 Å². The fraction of sp³-hybridized carbons (Fsp3) is 0.391. The van der Waals surface area contributed by atoms with E-state index in [0.29, 0.717) is 29.1 Å². The third-order valence-electron chi connectivity index (χ3n) is 6.21. The van der Waals surface area contributed by atoms with E-state index < -0.39 is 0 Å². The van der Waals surface area contributed by atoms with Gasteiger partial charge in [-0.2, -0.15) is 0 Å². The molecule has 2 aromatic rings. The summed E-state index contributed by atoms with van der Waals surface area (Å²) >= 11 is 6.84. The number of hydrogen-bond acceptors (Lipinski definition) is 5. The lowest BCUT2D eigenvalue weighted by Crippen LogP contribution is -2.39. The summed E-state index contributed by atoms with van der Waals surface area (Å²) in [5, 5.41) is 4.27. The number of benzene rings is 1. The summed E-state index contributed by atoms with van der Waals surface area (Å²) in [6, 6.07) is 5.97. The van der Waals surface area contributed by atoms with E-state index in [4.69, 9.17) is 11.6 Å². The first-order valence-corrected chi connectivity index (χ1v) is 10.9. The highest BCUT2D eigenvalue weighted by Crippen LogP contribution is 2.37. The first-order valence-electron chi connectivity index (χ1n) is 10.5. The summed E-state index contributed by atoms with van der Waals surface area (Å²) in [7, 11) is 3.85. The summed E-state index contributed by atoms with van der Waals surface area (Å²) in [6.07, 6.45) is 1.45. The molecule has 164 valence electrons. The minimum Gasteiger partial charge on any atom is -0.334 e. The van der Waals surface area contributed by atoms with Gasteiger partial charge in [-0.15, -0.1) is 5.53 Å². The van der Waals surface area contributed by atoms with E-state index in [1.807, 2.05) is 63.1 Å². The average molecular weight is 442 g/mol. The summed E-state index contributed by atoms with van der Waals surface area (Å²) in [6.45, 7) is 6.74. The second kappa shape index (κ2) is 8.05. The molecule has 0 saturated carbocycles. The van der Waals surface area contributed by atoms with Crippen molar-refractivity contribution in [1.82, 2.24) is 25.4 Å². The number of hydrogen-bond donors (Lipinski definition) is 2. The number of fused-ring (bicyclic) bond motifs is 1. The van der Waals surface area contributed by atoms with Crippen molar-refractivity contribution in [3.8, 4) is 0 Å². The molecular weight excluding hydrogens is 414 g/mol. The Kier molecular flexibility index (Phi) is 5.58. The van der Waals surface area contributed by atoms with Gasteiger partial charge in [0.15, 0.2) is 0 Å². The van der Waals surface area contributed by atoms with Gasteiger partial charge in [0.05, 0.1) is 28.5 Å². The largest absolute Gasteiger partial charge is 0.334 e. The quantitative estimate of drug-likeness (QED) is 0.762. The highest BCUT2D eigenvalue weighted by molar-refractivity contribution is 6.35. The van der Waals surface area contributed by atoms with Crippen LogP contribution in [-0.4, -0.2) is 46.4 Å². The highest BCUT2D eigenvalue weighted by Gasteiger charge is 2.32. The van der Waals surface area contributed by atoms with Gasteiger partial charge in [0, 0.05) is 37.5 Å². The molecule has 3 heterocycles. The minimum atomic E-state index is -0.129. The Morgan fingerprint density at radius 2 is 1.87 bits per heavy atom. The summed E-state index contributed by atoms with van der Waals surface area (Å²) in [5.41, 5.74) is 9.78. The molecule has 0 radical (unpaired) electrons. The number of H-pyrrole nitrogens is 1. The standard InChI is InChI=1S/C23H28ClN5O2/c1-6-15-11-13(2)25-22(30)18(15)12-29-10-9-16-7-8-17(20(24)19(16)23(29)31)21-14(3)27(4)26-28(21)5/h7-8,11,26H,6,9-10,12H2,1-5H3,(H,25,30). The molecule has 0 saturated heterocycles. The van der Waals surface area contributed by atoms with Crippen molar-refractivity contribution in [2.24, 2.45) is 0 Å². The predicted molar refractivity (Wildman–Crippen MR) is 122 cm³/mol. The van der Waals surface area contributed by atoms with Crippen LogP contribution in [0.1, 0.15) is 52.2 Å². The third kappa shape index (κ3) is 3.62. The molecule has 2 aliphatic rings. The third-order valence-corrected chi connectivity index (χ3v) is 6.60. The van der Waals surface area contributed by atoms with Crippen molar-refractivity contribution in [2.45, 2.75) is 40.2 Å². The number of aryl methyl sites for hydroxylation is 2. The number of pyridine rings is 1. The van der Waals surface area contributed by atoms with Gasteiger partial charge < -0.3 is 9.88 Å². The van der Waals surface area contributed by atoms with Gasteiger partial charge in [0.2, 0.25) is 0 Å². The van der Waals surface area contributed by atoms with Gasteiger partial charge in [-0.1, -0.05) is 30.7 Å². The van der Waals surface area contributed by atoms with Crippen molar-refractivity contribution in [3.05, 3.63) is 72.8 Å². The second-order valence-corrected chi connectivity index (χ2v) is 8.61. The molecule has 0 bridgehead atoms. The molecule has 7 nitrogen and oxygen atoms in total. The van der Waals surface area contributed by atoms with Crippen LogP contribution in [0.5, 0.6) is 0 Å². The number of carbonyl (C=O) groups excluding carboxylic acids is 1. The molecule has 1 aromatic heterocycles. The fourth-order valence-electron chi connectivity index (χ4n) is 4.50. The lowest BCUT2D eigenvalue weighted by atomic mass is 9.94. The van der Waals surface area contributed by atoms with Crippen molar-refractivity contribution >= 4 is 23.2 Å². The Bertz CT molecular complexity index is 1150. The lowest BCUT2D eigenvalue weighted by Gasteiger charge is -2.30. The molecule has 0 aliphatic carbocycles. The monoisotopic (exact) mass is 441 g/mol. The number of hydrazine groups is 2. The molecule has 8 heteroatoms. The van der Waals surface area contributed by atoms with Crippen LogP contribution in [0.2, 0.25) is 5.02 Å². The van der Waals surface area contributed by atoms with Crippen LogP contribution in [0.25, 0.3) is 5.70 Å². The molecule has 2 N–H and O–H groups in total. The van der Waals surface area contributed by atoms with E-state index in [9.17, 15) is 9.59 Å². The first kappa shape index (κ1) is 21.5. The highest BCUT2D eigenvalue weighted by atomic mass is 35.5. The zero-order valence-electron chi connectivity index (χ0n) is 18.6. The molecule has 1 aromatic carbocycles. The Balaban J connectivity index is 1.73. The Labute approximate surface area is 187 Å². The zero-order chi connectivity index (χ0) is 22.4. The van der Waals surface area contributed by atoms with Crippen LogP contribution in [0.15, 0.2) is 28.7 Å². The fourth-order valence-corrected chi connectivity index (χ4v) is 4.85. The van der Waals surface area contributed by atoms with Crippen molar-refractivity contribution in [1.29, 1.82) is 0 Å². The average Bonchev–Trinajstić information content (AvgIpc) is 2.97. The van der Waals surface area contributed by atoms with Gasteiger partial charge in [-0.05, 0) is 43.9 Å². The molecule has 1 amide bonds. The zero-order valence-corrected chi connectivity index (χ0v) is 19.4. The number of halogens is 1. The molecule has 0 fully saturated rings. The molecule has 0 atom stereocenters. The van der Waals surface area contributed by atoms with E-state index in [0.717, 1.165) is 40.2 Å². The summed E-state index contributed by atoms with van der Waals surface area (Å²) in [4.78, 5) is 30.7. The van der Waals surface area contributed by atoms with Crippen molar-refractivity contribution in [3.63, 3.8) is 0 Å². The maximum absolute atomic E-state index is 13.5. The van der Waals surface area contributed by atoms with Gasteiger partial charge in [-0.25, -0.2) is 0 Å². The van der Waals surface area contributed by atoms with E-state index in [-0.39, 0.29) is 18.0 Å². The molecule has 0 spiro atoms. The van der Waals surface area contributed by atoms with Crippen LogP contribution < -0.4 is 11.1 Å². The van der Waals surface area contributed by atoms with Crippen LogP contribution in [0, 0.1) is 6.92 Å². The second-order valence-electron chi connectivity index (χ2n) is 8.23. The SMILES string of the molecule is CCc1cc(C)[nH]c(=O)c1CN1CCc2ccc(C3=C(C)N(C)NN3C)c(Cl)c2C1=O. The number of amides is 1. The first-order chi connectivity index (χ1) is 14.7. The van der Waals surface area contributed by atoms with Crippen molar-refractivity contribution in [2.75, 3.05) is 20.6 Å². The van der Waals surface area contributed by atoms with Gasteiger partial charge >= 0.3 is 0 Å². The van der Waals surface area contributed by atoms with E-state index in [1.165, 1.54) is 0 Å². The van der Waals surface area contributed by atoms with Crippen LogP contribution in [0.4, 0.5) is 0 Å². The smallest absolute Gasteiger partial charge is 0.255 e. The van der Waals surface area contributed by atoms with Gasteiger partial charge in [0.25, 0.3) is 11.5 Å². The van der Waals surface area contributed by atoms with E-state index in [2.05, 4.69) is 10.5 Å². The Hall–Kier alpha value is -2.77. The number of aromatic nitrogens is 1. The number of aromatic amines is 1. The number of nitrogens with zero attached hydrogens (tertiary/aromatic N) is 3. The van der Waals surface area contributed by atoms with Gasteiger partial charge in [0.1, 0.15) is 0 Å². The maximum atomic E-state index is 13.5.